The SMILES string of the molecule is Cc1ccc(=O)c(O)c(C)c1. The number of hydrogen-bond donors (Lipinski definition) is 1. The van der Waals surface area contributed by atoms with E-state index in [0.29, 0.717) is 5.56 Å². The molecule has 0 aromatic heterocycles. The molecule has 11 heavy (non-hydrogen) atoms. The van der Waals surface area contributed by atoms with Gasteiger partial charge in [-0.05, 0) is 25.5 Å². The first-order valence-corrected chi connectivity index (χ1v) is 3.42. The zero-order chi connectivity index (χ0) is 8.43. The zero-order valence-corrected chi connectivity index (χ0v) is 6.59. The minimum atomic E-state index is -0.324. The quantitative estimate of drug-likeness (QED) is 0.606. The van der Waals surface area contributed by atoms with E-state index in [9.17, 15) is 9.90 Å². The molecule has 2 heteroatoms. The molecule has 0 aliphatic rings. The maximum Gasteiger partial charge on any atom is 0.220 e. The molecule has 1 aromatic rings. The fourth-order valence-corrected chi connectivity index (χ4v) is 0.938. The molecule has 0 saturated heterocycles. The largest absolute Gasteiger partial charge is 0.504 e. The summed E-state index contributed by atoms with van der Waals surface area (Å²) in [6, 6.07) is 4.84. The van der Waals surface area contributed by atoms with Crippen molar-refractivity contribution >= 4 is 0 Å². The molecular formula is C9H10O2. The van der Waals surface area contributed by atoms with E-state index in [1.807, 2.05) is 6.92 Å². The van der Waals surface area contributed by atoms with E-state index >= 15 is 0 Å². The summed E-state index contributed by atoms with van der Waals surface area (Å²) < 4.78 is 0. The van der Waals surface area contributed by atoms with Crippen LogP contribution in [0.3, 0.4) is 0 Å². The Kier molecular flexibility index (Phi) is 1.94. The standard InChI is InChI=1S/C9H10O2/c1-6-3-4-8(10)9(11)7(2)5-6/h3-5H,1-2H3,(H,10,11). The lowest BCUT2D eigenvalue weighted by Gasteiger charge is -1.88. The fourth-order valence-electron chi connectivity index (χ4n) is 0.938. The first kappa shape index (κ1) is 7.79. The van der Waals surface area contributed by atoms with E-state index in [1.54, 1.807) is 19.1 Å². The summed E-state index contributed by atoms with van der Waals surface area (Å²) in [5, 5.41) is 9.18. The molecule has 58 valence electrons. The molecule has 0 fully saturated rings. The summed E-state index contributed by atoms with van der Waals surface area (Å²) in [5.74, 6) is -0.155. The first-order valence-electron chi connectivity index (χ1n) is 3.42. The van der Waals surface area contributed by atoms with Gasteiger partial charge >= 0.3 is 0 Å². The maximum absolute atomic E-state index is 10.9. The lowest BCUT2D eigenvalue weighted by molar-refractivity contribution is 0.467. The van der Waals surface area contributed by atoms with E-state index < -0.39 is 0 Å². The smallest absolute Gasteiger partial charge is 0.220 e. The van der Waals surface area contributed by atoms with Crippen molar-refractivity contribution in [3.8, 4) is 5.75 Å². The molecular weight excluding hydrogens is 140 g/mol. The topological polar surface area (TPSA) is 37.3 Å². The van der Waals surface area contributed by atoms with E-state index in [-0.39, 0.29) is 11.2 Å². The average molecular weight is 150 g/mol. The van der Waals surface area contributed by atoms with Crippen LogP contribution < -0.4 is 5.43 Å². The highest BCUT2D eigenvalue weighted by Gasteiger charge is 1.97. The molecule has 0 aliphatic carbocycles. The van der Waals surface area contributed by atoms with Crippen molar-refractivity contribution in [3.05, 3.63) is 39.5 Å². The molecule has 2 nitrogen and oxygen atoms in total. The van der Waals surface area contributed by atoms with Crippen LogP contribution >= 0.6 is 0 Å². The summed E-state index contributed by atoms with van der Waals surface area (Å²) in [6.45, 7) is 3.59. The third kappa shape index (κ3) is 1.58. The molecule has 1 N–H and O–H groups in total. The Balaban J connectivity index is 3.56. The number of aromatic hydroxyl groups is 1. The van der Waals surface area contributed by atoms with Crippen molar-refractivity contribution in [1.82, 2.24) is 0 Å². The van der Waals surface area contributed by atoms with Crippen LogP contribution in [0.1, 0.15) is 11.1 Å². The number of aryl methyl sites for hydroxylation is 2. The summed E-state index contributed by atoms with van der Waals surface area (Å²) in [5.41, 5.74) is 1.27. The van der Waals surface area contributed by atoms with Crippen LogP contribution in [-0.2, 0) is 0 Å². The molecule has 0 radical (unpaired) electrons. The van der Waals surface area contributed by atoms with Gasteiger partial charge in [0.2, 0.25) is 5.43 Å². The Morgan fingerprint density at radius 1 is 1.27 bits per heavy atom. The number of rotatable bonds is 0. The lowest BCUT2D eigenvalue weighted by Crippen LogP contribution is -1.93. The summed E-state index contributed by atoms with van der Waals surface area (Å²) >= 11 is 0. The van der Waals surface area contributed by atoms with E-state index in [4.69, 9.17) is 0 Å². The van der Waals surface area contributed by atoms with Crippen molar-refractivity contribution in [1.29, 1.82) is 0 Å². The van der Waals surface area contributed by atoms with E-state index in [1.165, 1.54) is 6.07 Å². The predicted octanol–water partition coefficient (Wildman–Crippen LogP) is 1.37. The second-order valence-electron chi connectivity index (χ2n) is 2.62. The van der Waals surface area contributed by atoms with Crippen molar-refractivity contribution in [2.24, 2.45) is 0 Å². The van der Waals surface area contributed by atoms with Gasteiger partial charge in [-0.15, -0.1) is 0 Å². The van der Waals surface area contributed by atoms with Gasteiger partial charge in [0.25, 0.3) is 0 Å². The Morgan fingerprint density at radius 3 is 2.55 bits per heavy atom. The zero-order valence-electron chi connectivity index (χ0n) is 6.59. The highest BCUT2D eigenvalue weighted by atomic mass is 16.3. The Morgan fingerprint density at radius 2 is 1.91 bits per heavy atom. The normalized spacial score (nSPS) is 9.64. The van der Waals surface area contributed by atoms with Crippen molar-refractivity contribution < 1.29 is 5.11 Å². The third-order valence-corrected chi connectivity index (χ3v) is 1.55. The van der Waals surface area contributed by atoms with Crippen molar-refractivity contribution in [3.63, 3.8) is 0 Å². The van der Waals surface area contributed by atoms with Crippen LogP contribution in [0, 0.1) is 13.8 Å². The van der Waals surface area contributed by atoms with Gasteiger partial charge in [-0.25, -0.2) is 0 Å². The van der Waals surface area contributed by atoms with E-state index in [0.717, 1.165) is 5.56 Å². The third-order valence-electron chi connectivity index (χ3n) is 1.55. The molecule has 1 aromatic carbocycles. The predicted molar refractivity (Wildman–Crippen MR) is 43.9 cm³/mol. The molecule has 0 amide bonds. The van der Waals surface area contributed by atoms with Gasteiger partial charge in [0, 0.05) is 0 Å². The van der Waals surface area contributed by atoms with Crippen molar-refractivity contribution in [2.75, 3.05) is 0 Å². The first-order chi connectivity index (χ1) is 5.11. The van der Waals surface area contributed by atoms with Crippen molar-refractivity contribution in [2.45, 2.75) is 13.8 Å². The van der Waals surface area contributed by atoms with Crippen LogP contribution in [0.2, 0.25) is 0 Å². The molecule has 0 saturated carbocycles. The Labute approximate surface area is 65.1 Å². The molecule has 0 unspecified atom stereocenters. The van der Waals surface area contributed by atoms with E-state index in [2.05, 4.69) is 0 Å². The molecule has 0 spiro atoms. The summed E-state index contributed by atoms with van der Waals surface area (Å²) in [4.78, 5) is 10.9. The molecule has 0 bridgehead atoms. The van der Waals surface area contributed by atoms with Gasteiger partial charge in [-0.1, -0.05) is 17.7 Å². The molecule has 1 rings (SSSR count). The monoisotopic (exact) mass is 150 g/mol. The maximum atomic E-state index is 10.9. The van der Waals surface area contributed by atoms with Gasteiger partial charge in [0.05, 0.1) is 0 Å². The Bertz CT molecular complexity index is 329. The minimum absolute atomic E-state index is 0.155. The van der Waals surface area contributed by atoms with Crippen LogP contribution in [0.15, 0.2) is 23.0 Å². The van der Waals surface area contributed by atoms with Crippen LogP contribution in [0.25, 0.3) is 0 Å². The van der Waals surface area contributed by atoms with Gasteiger partial charge in [-0.3, -0.25) is 4.79 Å². The second-order valence-corrected chi connectivity index (χ2v) is 2.62. The highest BCUT2D eigenvalue weighted by Crippen LogP contribution is 2.08. The minimum Gasteiger partial charge on any atom is -0.504 e. The highest BCUT2D eigenvalue weighted by molar-refractivity contribution is 5.32. The molecule has 0 heterocycles. The second kappa shape index (κ2) is 2.74. The lowest BCUT2D eigenvalue weighted by atomic mass is 10.2. The van der Waals surface area contributed by atoms with Gasteiger partial charge in [0.15, 0.2) is 5.75 Å². The molecule has 0 atom stereocenters. The average Bonchev–Trinajstić information content (AvgIpc) is 2.05. The summed E-state index contributed by atoms with van der Waals surface area (Å²) in [7, 11) is 0. The van der Waals surface area contributed by atoms with Crippen LogP contribution in [0.4, 0.5) is 0 Å². The van der Waals surface area contributed by atoms with Gasteiger partial charge < -0.3 is 5.11 Å². The Hall–Kier alpha value is -1.31. The van der Waals surface area contributed by atoms with Crippen LogP contribution in [-0.4, -0.2) is 5.11 Å². The van der Waals surface area contributed by atoms with Gasteiger partial charge in [0.1, 0.15) is 0 Å². The van der Waals surface area contributed by atoms with Crippen LogP contribution in [0.5, 0.6) is 5.75 Å². The number of hydrogen-bond acceptors (Lipinski definition) is 2. The fraction of sp³-hybridized carbons (Fsp3) is 0.222. The summed E-state index contributed by atoms with van der Waals surface area (Å²) in [6.07, 6.45) is 0. The van der Waals surface area contributed by atoms with Gasteiger partial charge in [-0.2, -0.15) is 0 Å². The molecule has 0 aliphatic heterocycles.